The van der Waals surface area contributed by atoms with Gasteiger partial charge in [0, 0.05) is 25.0 Å². The maximum absolute atomic E-state index is 5.47. The predicted octanol–water partition coefficient (Wildman–Crippen LogP) is 3.63. The minimum absolute atomic E-state index is 0.153. The van der Waals surface area contributed by atoms with E-state index in [0.717, 1.165) is 13.1 Å². The highest BCUT2D eigenvalue weighted by atomic mass is 14.9. The van der Waals surface area contributed by atoms with Crippen LogP contribution in [0.15, 0.2) is 17.4 Å². The van der Waals surface area contributed by atoms with Crippen LogP contribution in [0.4, 0.5) is 0 Å². The second-order valence-electron chi connectivity index (χ2n) is 5.83. The van der Waals surface area contributed by atoms with Gasteiger partial charge in [-0.3, -0.25) is 0 Å². The number of hydrogen-bond acceptors (Lipinski definition) is 2. The summed E-state index contributed by atoms with van der Waals surface area (Å²) in [5.41, 5.74) is 10.4. The normalized spacial score (nSPS) is 11.2. The van der Waals surface area contributed by atoms with Crippen molar-refractivity contribution in [2.24, 2.45) is 11.1 Å². The van der Waals surface area contributed by atoms with Crippen molar-refractivity contribution in [2.45, 2.75) is 59.8 Å². The Morgan fingerprint density at radius 1 is 1.28 bits per heavy atom. The minimum Gasteiger partial charge on any atom is -0.329 e. The fourth-order valence-electron chi connectivity index (χ4n) is 1.77. The van der Waals surface area contributed by atoms with E-state index in [1.807, 2.05) is 0 Å². The molecule has 0 unspecified atom stereocenters. The molecule has 2 nitrogen and oxygen atoms in total. The van der Waals surface area contributed by atoms with Crippen LogP contribution < -0.4 is 11.1 Å². The van der Waals surface area contributed by atoms with Gasteiger partial charge >= 0.3 is 0 Å². The van der Waals surface area contributed by atoms with Crippen LogP contribution in [0, 0.1) is 5.41 Å². The Morgan fingerprint density at radius 3 is 2.61 bits per heavy atom. The molecule has 0 aliphatic carbocycles. The van der Waals surface area contributed by atoms with Crippen molar-refractivity contribution in [2.75, 3.05) is 19.6 Å². The van der Waals surface area contributed by atoms with Gasteiger partial charge in [0.25, 0.3) is 0 Å². The minimum atomic E-state index is 0.153. The molecule has 0 spiro atoms. The highest BCUT2D eigenvalue weighted by Gasteiger charge is 2.12. The van der Waals surface area contributed by atoms with E-state index in [0.29, 0.717) is 6.54 Å². The van der Waals surface area contributed by atoms with Crippen LogP contribution in [0.3, 0.4) is 0 Å². The molecule has 0 aliphatic rings. The van der Waals surface area contributed by atoms with Crippen LogP contribution in [0.5, 0.6) is 0 Å². The first-order chi connectivity index (χ1) is 8.52. The molecule has 106 valence electrons. The second-order valence-corrected chi connectivity index (χ2v) is 5.83. The highest BCUT2D eigenvalue weighted by molar-refractivity contribution is 5.03. The summed E-state index contributed by atoms with van der Waals surface area (Å²) in [6.45, 7) is 11.4. The van der Waals surface area contributed by atoms with Gasteiger partial charge in [0.15, 0.2) is 0 Å². The lowest BCUT2D eigenvalue weighted by Crippen LogP contribution is -2.31. The average molecular weight is 252 g/mol. The molecule has 0 heterocycles. The van der Waals surface area contributed by atoms with E-state index in [1.54, 1.807) is 0 Å². The van der Waals surface area contributed by atoms with Crippen LogP contribution in [0.1, 0.15) is 59.8 Å². The first kappa shape index (κ1) is 17.4. The van der Waals surface area contributed by atoms with E-state index < -0.39 is 0 Å². The maximum atomic E-state index is 5.47. The van der Waals surface area contributed by atoms with Crippen molar-refractivity contribution in [1.29, 1.82) is 0 Å². The zero-order valence-electron chi connectivity index (χ0n) is 12.8. The van der Waals surface area contributed by atoms with E-state index in [-0.39, 0.29) is 5.41 Å². The van der Waals surface area contributed by atoms with Crippen molar-refractivity contribution in [3.8, 4) is 0 Å². The quantitative estimate of drug-likeness (QED) is 0.460. The summed E-state index contributed by atoms with van der Waals surface area (Å²) in [5.74, 6) is 0. The van der Waals surface area contributed by atoms with Crippen LogP contribution in [-0.2, 0) is 0 Å². The van der Waals surface area contributed by atoms with Gasteiger partial charge in [0.1, 0.15) is 0 Å². The summed E-state index contributed by atoms with van der Waals surface area (Å²) in [6.07, 6.45) is 8.68. The summed E-state index contributed by atoms with van der Waals surface area (Å²) in [6, 6.07) is 0. The fourth-order valence-corrected chi connectivity index (χ4v) is 1.77. The lowest BCUT2D eigenvalue weighted by atomic mass is 9.93. The zero-order valence-corrected chi connectivity index (χ0v) is 12.8. The van der Waals surface area contributed by atoms with E-state index in [1.165, 1.54) is 37.7 Å². The molecule has 3 N–H and O–H groups in total. The van der Waals surface area contributed by atoms with E-state index in [4.69, 9.17) is 5.73 Å². The smallest absolute Gasteiger partial charge is 0.00748 e. The van der Waals surface area contributed by atoms with E-state index in [2.05, 4.69) is 44.8 Å². The Kier molecular flexibility index (Phi) is 10.0. The van der Waals surface area contributed by atoms with Crippen LogP contribution >= 0.6 is 0 Å². The first-order valence-electron chi connectivity index (χ1n) is 7.36. The van der Waals surface area contributed by atoms with Gasteiger partial charge in [0.2, 0.25) is 0 Å². The highest BCUT2D eigenvalue weighted by Crippen LogP contribution is 2.16. The van der Waals surface area contributed by atoms with Gasteiger partial charge in [-0.1, -0.05) is 40.0 Å². The van der Waals surface area contributed by atoms with Crippen molar-refractivity contribution >= 4 is 0 Å². The van der Waals surface area contributed by atoms with Gasteiger partial charge < -0.3 is 11.1 Å². The summed E-state index contributed by atoms with van der Waals surface area (Å²) in [7, 11) is 0. The molecule has 18 heavy (non-hydrogen) atoms. The zero-order chi connectivity index (χ0) is 13.9. The Balaban J connectivity index is 4.05. The third kappa shape index (κ3) is 10.6. The Morgan fingerprint density at radius 2 is 2.00 bits per heavy atom. The number of rotatable bonds is 10. The number of nitrogens with two attached hydrogens (primary N) is 1. The third-order valence-corrected chi connectivity index (χ3v) is 3.02. The van der Waals surface area contributed by atoms with Gasteiger partial charge in [-0.05, 0) is 31.4 Å². The number of nitrogens with one attached hydrogen (secondary N) is 1. The van der Waals surface area contributed by atoms with Crippen LogP contribution in [0.25, 0.3) is 0 Å². The average Bonchev–Trinajstić information content (AvgIpc) is 2.32. The molecule has 0 aromatic rings. The van der Waals surface area contributed by atoms with Crippen LogP contribution in [-0.4, -0.2) is 19.6 Å². The Labute approximate surface area is 114 Å². The van der Waals surface area contributed by atoms with Crippen molar-refractivity contribution in [1.82, 2.24) is 5.32 Å². The molecule has 0 saturated heterocycles. The molecule has 0 atom stereocenters. The van der Waals surface area contributed by atoms with Gasteiger partial charge in [-0.15, -0.1) is 5.73 Å². The molecule has 0 aromatic carbocycles. The van der Waals surface area contributed by atoms with Gasteiger partial charge in [-0.2, -0.15) is 0 Å². The van der Waals surface area contributed by atoms with Crippen molar-refractivity contribution in [3.63, 3.8) is 0 Å². The molecule has 0 fully saturated rings. The molecule has 0 aliphatic heterocycles. The molecule has 0 rings (SSSR count). The van der Waals surface area contributed by atoms with Gasteiger partial charge in [0.05, 0.1) is 0 Å². The summed E-state index contributed by atoms with van der Waals surface area (Å²) >= 11 is 0. The topological polar surface area (TPSA) is 38.0 Å². The monoisotopic (exact) mass is 252 g/mol. The largest absolute Gasteiger partial charge is 0.329 e. The molecular formula is C16H32N2. The van der Waals surface area contributed by atoms with Crippen molar-refractivity contribution < 1.29 is 0 Å². The predicted molar refractivity (Wildman–Crippen MR) is 81.7 cm³/mol. The Bertz CT molecular complexity index is 260. The van der Waals surface area contributed by atoms with E-state index >= 15 is 0 Å². The number of unbranched alkanes of at least 4 members (excludes halogenated alkanes) is 3. The molecule has 2 heteroatoms. The molecular weight excluding hydrogens is 220 g/mol. The molecule has 0 bridgehead atoms. The Hall–Kier alpha value is -0.560. The third-order valence-electron chi connectivity index (χ3n) is 3.02. The van der Waals surface area contributed by atoms with E-state index in [9.17, 15) is 0 Å². The molecule has 0 saturated carbocycles. The molecule has 0 aromatic heterocycles. The second kappa shape index (κ2) is 10.4. The lowest BCUT2D eigenvalue weighted by Gasteiger charge is -2.19. The van der Waals surface area contributed by atoms with Crippen molar-refractivity contribution in [3.05, 3.63) is 17.4 Å². The number of hydrogen-bond donors (Lipinski definition) is 2. The lowest BCUT2D eigenvalue weighted by molar-refractivity contribution is 0.437. The molecule has 0 amide bonds. The first-order valence-corrected chi connectivity index (χ1v) is 7.36. The molecule has 0 radical (unpaired) electrons. The maximum Gasteiger partial charge on any atom is 0.00748 e. The summed E-state index contributed by atoms with van der Waals surface area (Å²) < 4.78 is 0. The summed E-state index contributed by atoms with van der Waals surface area (Å²) in [4.78, 5) is 0. The van der Waals surface area contributed by atoms with Crippen LogP contribution in [0.2, 0.25) is 0 Å². The summed E-state index contributed by atoms with van der Waals surface area (Å²) in [5, 5.41) is 3.35. The SMILES string of the molecule is CCCCCCC(C)=C=CC(C)(C)CNCCN. The fraction of sp³-hybridized carbons (Fsp3) is 0.812. The standard InChI is InChI=1S/C16H32N2/c1-5-6-7-8-9-15(2)10-11-16(3,4)14-18-13-12-17/h11,18H,5-9,12-14,17H2,1-4H3. The van der Waals surface area contributed by atoms with Gasteiger partial charge in [-0.25, -0.2) is 0 Å².